The molecule has 2 N–H and O–H groups in total. The van der Waals surface area contributed by atoms with Gasteiger partial charge in [-0.1, -0.05) is 33.6 Å². The van der Waals surface area contributed by atoms with Crippen LogP contribution in [-0.2, 0) is 14.4 Å². The Morgan fingerprint density at radius 1 is 1.26 bits per heavy atom. The molecule has 2 unspecified atom stereocenters. The molecule has 1 fully saturated rings. The van der Waals surface area contributed by atoms with E-state index in [-0.39, 0.29) is 17.9 Å². The van der Waals surface area contributed by atoms with Crippen molar-refractivity contribution in [3.63, 3.8) is 0 Å². The van der Waals surface area contributed by atoms with Crippen molar-refractivity contribution in [3.8, 4) is 0 Å². The van der Waals surface area contributed by atoms with Crippen molar-refractivity contribution in [2.45, 2.75) is 65.0 Å². The third-order valence-corrected chi connectivity index (χ3v) is 4.20. The van der Waals surface area contributed by atoms with E-state index in [2.05, 4.69) is 10.6 Å². The number of hydrogen-bond donors (Lipinski definition) is 2. The Hall–Kier alpha value is -1.43. The SMILES string of the molecule is CCCCC(NC(=O)C1CCCN1C)C(=O)C(=O)NCC(C)C. The van der Waals surface area contributed by atoms with Gasteiger partial charge in [-0.05, 0) is 38.8 Å². The Bertz CT molecular complexity index is 423. The van der Waals surface area contributed by atoms with Crippen LogP contribution in [0.5, 0.6) is 0 Å². The van der Waals surface area contributed by atoms with Gasteiger partial charge in [0.05, 0.1) is 12.1 Å². The van der Waals surface area contributed by atoms with Crippen molar-refractivity contribution in [1.82, 2.24) is 15.5 Å². The minimum Gasteiger partial charge on any atom is -0.349 e. The summed E-state index contributed by atoms with van der Waals surface area (Å²) in [6.45, 7) is 7.31. The summed E-state index contributed by atoms with van der Waals surface area (Å²) in [6.07, 6.45) is 4.01. The lowest BCUT2D eigenvalue weighted by atomic mass is 10.0. The van der Waals surface area contributed by atoms with Crippen LogP contribution in [0, 0.1) is 5.92 Å². The quantitative estimate of drug-likeness (QED) is 0.622. The summed E-state index contributed by atoms with van der Waals surface area (Å²) in [5.74, 6) is -0.994. The topological polar surface area (TPSA) is 78.5 Å². The first-order chi connectivity index (χ1) is 10.9. The molecule has 0 aromatic carbocycles. The summed E-state index contributed by atoms with van der Waals surface area (Å²) in [7, 11) is 1.91. The maximum Gasteiger partial charge on any atom is 0.289 e. The molecule has 0 spiro atoms. The predicted molar refractivity (Wildman–Crippen MR) is 90.0 cm³/mol. The van der Waals surface area contributed by atoms with Gasteiger partial charge in [-0.15, -0.1) is 0 Å². The normalized spacial score (nSPS) is 19.6. The van der Waals surface area contributed by atoms with Crippen LogP contribution in [-0.4, -0.2) is 54.7 Å². The number of Topliss-reactive ketones (excluding diaryl/α,β-unsaturated/α-hetero) is 1. The number of nitrogens with zero attached hydrogens (tertiary/aromatic N) is 1. The van der Waals surface area contributed by atoms with Crippen LogP contribution in [0.1, 0.15) is 52.9 Å². The van der Waals surface area contributed by atoms with Crippen LogP contribution >= 0.6 is 0 Å². The van der Waals surface area contributed by atoms with E-state index in [4.69, 9.17) is 0 Å². The molecule has 132 valence electrons. The smallest absolute Gasteiger partial charge is 0.289 e. The summed E-state index contributed by atoms with van der Waals surface area (Å²) in [6, 6.07) is -0.908. The molecule has 23 heavy (non-hydrogen) atoms. The lowest BCUT2D eigenvalue weighted by Gasteiger charge is -2.23. The summed E-state index contributed by atoms with van der Waals surface area (Å²) < 4.78 is 0. The van der Waals surface area contributed by atoms with E-state index in [0.29, 0.717) is 13.0 Å². The van der Waals surface area contributed by atoms with Gasteiger partial charge in [0, 0.05) is 6.54 Å². The monoisotopic (exact) mass is 325 g/mol. The van der Waals surface area contributed by atoms with Crippen LogP contribution in [0.25, 0.3) is 0 Å². The molecule has 1 heterocycles. The first-order valence-corrected chi connectivity index (χ1v) is 8.69. The molecule has 1 aliphatic rings. The third-order valence-electron chi connectivity index (χ3n) is 4.20. The molecule has 0 bridgehead atoms. The third kappa shape index (κ3) is 6.29. The zero-order valence-electron chi connectivity index (χ0n) is 14.9. The largest absolute Gasteiger partial charge is 0.349 e. The number of unbranched alkanes of at least 4 members (excludes halogenated alkanes) is 1. The molecular weight excluding hydrogens is 294 g/mol. The van der Waals surface area contributed by atoms with Crippen LogP contribution in [0.4, 0.5) is 0 Å². The Morgan fingerprint density at radius 3 is 2.48 bits per heavy atom. The molecule has 0 saturated carbocycles. The van der Waals surface area contributed by atoms with Gasteiger partial charge >= 0.3 is 0 Å². The highest BCUT2D eigenvalue weighted by atomic mass is 16.2. The zero-order valence-corrected chi connectivity index (χ0v) is 14.9. The van der Waals surface area contributed by atoms with Crippen molar-refractivity contribution in [2.24, 2.45) is 5.92 Å². The highest BCUT2D eigenvalue weighted by Crippen LogP contribution is 2.15. The molecule has 0 radical (unpaired) electrons. The minimum atomic E-state index is -0.719. The zero-order chi connectivity index (χ0) is 17.4. The second-order valence-electron chi connectivity index (χ2n) is 6.81. The number of likely N-dealkylation sites (N-methyl/N-ethyl adjacent to an activating group) is 1. The van der Waals surface area contributed by atoms with E-state index >= 15 is 0 Å². The molecule has 2 atom stereocenters. The second-order valence-corrected chi connectivity index (χ2v) is 6.81. The molecule has 0 aromatic heterocycles. The molecule has 1 saturated heterocycles. The van der Waals surface area contributed by atoms with Gasteiger partial charge in [-0.25, -0.2) is 0 Å². The van der Waals surface area contributed by atoms with Crippen LogP contribution in [0.3, 0.4) is 0 Å². The summed E-state index contributed by atoms with van der Waals surface area (Å²) in [5.41, 5.74) is 0. The molecule has 1 aliphatic heterocycles. The molecular formula is C17H31N3O3. The summed E-state index contributed by atoms with van der Waals surface area (Å²) in [4.78, 5) is 38.7. The molecule has 0 aliphatic carbocycles. The number of nitrogens with one attached hydrogen (secondary N) is 2. The minimum absolute atomic E-state index is 0.142. The van der Waals surface area contributed by atoms with Gasteiger partial charge < -0.3 is 10.6 Å². The second kappa shape index (κ2) is 9.65. The van der Waals surface area contributed by atoms with Gasteiger partial charge in [0.2, 0.25) is 11.7 Å². The number of rotatable bonds is 9. The van der Waals surface area contributed by atoms with Crippen molar-refractivity contribution in [3.05, 3.63) is 0 Å². The maximum absolute atomic E-state index is 12.4. The van der Waals surface area contributed by atoms with Crippen molar-refractivity contribution < 1.29 is 14.4 Å². The van der Waals surface area contributed by atoms with E-state index in [0.717, 1.165) is 32.2 Å². The first kappa shape index (κ1) is 19.6. The molecule has 1 rings (SSSR count). The van der Waals surface area contributed by atoms with E-state index in [1.807, 2.05) is 32.7 Å². The number of likely N-dealkylation sites (tertiary alicyclic amines) is 1. The van der Waals surface area contributed by atoms with Crippen molar-refractivity contribution in [1.29, 1.82) is 0 Å². The van der Waals surface area contributed by atoms with E-state index in [1.54, 1.807) is 0 Å². The van der Waals surface area contributed by atoms with Crippen molar-refractivity contribution >= 4 is 17.6 Å². The lowest BCUT2D eigenvalue weighted by molar-refractivity contribution is -0.140. The fourth-order valence-electron chi connectivity index (χ4n) is 2.73. The first-order valence-electron chi connectivity index (χ1n) is 8.69. The highest BCUT2D eigenvalue weighted by molar-refractivity contribution is 6.38. The van der Waals surface area contributed by atoms with Gasteiger partial charge in [0.1, 0.15) is 0 Å². The van der Waals surface area contributed by atoms with E-state index in [9.17, 15) is 14.4 Å². The fourth-order valence-corrected chi connectivity index (χ4v) is 2.73. The van der Waals surface area contributed by atoms with Crippen LogP contribution in [0.2, 0.25) is 0 Å². The number of carbonyl (C=O) groups is 3. The van der Waals surface area contributed by atoms with Gasteiger partial charge in [-0.2, -0.15) is 0 Å². The van der Waals surface area contributed by atoms with Gasteiger partial charge in [0.25, 0.3) is 5.91 Å². The standard InChI is InChI=1S/C17H31N3O3/c1-5-6-8-13(15(21)17(23)18-11-12(2)3)19-16(22)14-9-7-10-20(14)4/h12-14H,5-11H2,1-4H3,(H,18,23)(H,19,22). The maximum atomic E-state index is 12.4. The van der Waals surface area contributed by atoms with E-state index in [1.165, 1.54) is 0 Å². The number of hydrogen-bond acceptors (Lipinski definition) is 4. The average molecular weight is 325 g/mol. The van der Waals surface area contributed by atoms with E-state index < -0.39 is 17.7 Å². The molecule has 6 heteroatoms. The van der Waals surface area contributed by atoms with Crippen LogP contribution in [0.15, 0.2) is 0 Å². The highest BCUT2D eigenvalue weighted by Gasteiger charge is 2.32. The van der Waals surface area contributed by atoms with Gasteiger partial charge in [0.15, 0.2) is 0 Å². The van der Waals surface area contributed by atoms with Crippen molar-refractivity contribution in [2.75, 3.05) is 20.1 Å². The fraction of sp³-hybridized carbons (Fsp3) is 0.824. The molecule has 6 nitrogen and oxygen atoms in total. The lowest BCUT2D eigenvalue weighted by Crippen LogP contribution is -2.52. The molecule has 2 amide bonds. The Labute approximate surface area is 139 Å². The number of ketones is 1. The average Bonchev–Trinajstić information content (AvgIpc) is 2.94. The predicted octanol–water partition coefficient (Wildman–Crippen LogP) is 1.10. The molecule has 0 aromatic rings. The van der Waals surface area contributed by atoms with Crippen LogP contribution < -0.4 is 10.6 Å². The summed E-state index contributed by atoms with van der Waals surface area (Å²) >= 11 is 0. The Morgan fingerprint density at radius 2 is 1.96 bits per heavy atom. The Kier molecular flexibility index (Phi) is 8.23. The number of carbonyl (C=O) groups excluding carboxylic acids is 3. The van der Waals surface area contributed by atoms with Gasteiger partial charge in [-0.3, -0.25) is 19.3 Å². The number of amides is 2. The Balaban J connectivity index is 2.65. The summed E-state index contributed by atoms with van der Waals surface area (Å²) in [5, 5.41) is 5.44.